The highest BCUT2D eigenvalue weighted by molar-refractivity contribution is 6.01. The average Bonchev–Trinajstić information content (AvgIpc) is 2.98. The minimum Gasteiger partial charge on any atom is -0.329 e. The van der Waals surface area contributed by atoms with Gasteiger partial charge in [0.2, 0.25) is 5.91 Å². The molecule has 0 aromatic carbocycles. The van der Waals surface area contributed by atoms with Crippen molar-refractivity contribution in [1.82, 2.24) is 20.4 Å². The number of nitrogens with zero attached hydrogens (tertiary/aromatic N) is 2. The minimum absolute atomic E-state index is 0.108. The molecule has 3 amide bonds. The van der Waals surface area contributed by atoms with E-state index in [-0.39, 0.29) is 24.0 Å². The van der Waals surface area contributed by atoms with Crippen LogP contribution in [-0.2, 0) is 4.79 Å². The molecule has 3 aliphatic rings. The summed E-state index contributed by atoms with van der Waals surface area (Å²) in [5.74, 6) is 1.28. The van der Waals surface area contributed by atoms with Crippen LogP contribution in [0.1, 0.15) is 13.8 Å². The lowest BCUT2D eigenvalue weighted by atomic mass is 9.85. The summed E-state index contributed by atoms with van der Waals surface area (Å²) in [6.45, 7) is 9.21. The van der Waals surface area contributed by atoms with Gasteiger partial charge in [0.25, 0.3) is 0 Å². The Labute approximate surface area is 113 Å². The van der Waals surface area contributed by atoms with E-state index in [9.17, 15) is 9.59 Å². The minimum atomic E-state index is -0.246. The number of nitrogens with one attached hydrogen (secondary N) is 2. The largest absolute Gasteiger partial charge is 0.329 e. The van der Waals surface area contributed by atoms with Gasteiger partial charge in [0.15, 0.2) is 0 Å². The highest BCUT2D eigenvalue weighted by atomic mass is 16.2. The molecular weight excluding hydrogens is 244 g/mol. The van der Waals surface area contributed by atoms with Gasteiger partial charge in [-0.1, -0.05) is 0 Å². The highest BCUT2D eigenvalue weighted by Gasteiger charge is 2.49. The Morgan fingerprint density at radius 3 is 2.68 bits per heavy atom. The van der Waals surface area contributed by atoms with Crippen molar-refractivity contribution >= 4 is 11.9 Å². The lowest BCUT2D eigenvalue weighted by Gasteiger charge is -2.36. The molecule has 0 radical (unpaired) electrons. The number of amides is 3. The molecule has 106 valence electrons. The molecule has 6 heteroatoms. The average molecular weight is 266 g/mol. The molecule has 2 atom stereocenters. The molecule has 3 aliphatic heterocycles. The summed E-state index contributed by atoms with van der Waals surface area (Å²) in [4.78, 5) is 26.8. The van der Waals surface area contributed by atoms with Gasteiger partial charge in [0, 0.05) is 31.7 Å². The van der Waals surface area contributed by atoms with Crippen LogP contribution in [0, 0.1) is 11.8 Å². The van der Waals surface area contributed by atoms with E-state index in [2.05, 4.69) is 29.4 Å². The number of urea groups is 1. The van der Waals surface area contributed by atoms with Crippen LogP contribution in [0.5, 0.6) is 0 Å². The van der Waals surface area contributed by atoms with Crippen LogP contribution in [0.4, 0.5) is 4.79 Å². The highest BCUT2D eigenvalue weighted by Crippen LogP contribution is 2.40. The fraction of sp³-hybridized carbons (Fsp3) is 0.846. The Balaban J connectivity index is 1.61. The van der Waals surface area contributed by atoms with E-state index in [1.807, 2.05) is 0 Å². The monoisotopic (exact) mass is 266 g/mol. The molecule has 6 nitrogen and oxygen atoms in total. The Bertz CT molecular complexity index is 393. The zero-order valence-corrected chi connectivity index (χ0v) is 11.6. The molecule has 0 aromatic heterocycles. The fourth-order valence-corrected chi connectivity index (χ4v) is 3.79. The Kier molecular flexibility index (Phi) is 3.02. The zero-order valence-electron chi connectivity index (χ0n) is 11.6. The SMILES string of the molecule is CC1(C)C2CNCC2CN1CCN1C(=O)CNC1=O. The maximum atomic E-state index is 11.6. The smallest absolute Gasteiger partial charge is 0.324 e. The summed E-state index contributed by atoms with van der Waals surface area (Å²) < 4.78 is 0. The summed E-state index contributed by atoms with van der Waals surface area (Å²) in [6.07, 6.45) is 0. The van der Waals surface area contributed by atoms with Crippen LogP contribution in [0.15, 0.2) is 0 Å². The van der Waals surface area contributed by atoms with Crippen molar-refractivity contribution < 1.29 is 9.59 Å². The quantitative estimate of drug-likeness (QED) is 0.674. The molecule has 3 fully saturated rings. The van der Waals surface area contributed by atoms with E-state index < -0.39 is 0 Å². The number of rotatable bonds is 3. The molecule has 0 aromatic rings. The number of carbonyl (C=O) groups excluding carboxylic acids is 2. The van der Waals surface area contributed by atoms with E-state index in [0.29, 0.717) is 18.4 Å². The molecule has 3 rings (SSSR count). The molecular formula is C13H22N4O2. The Hall–Kier alpha value is -1.14. The third-order valence-corrected chi connectivity index (χ3v) is 5.05. The van der Waals surface area contributed by atoms with Crippen LogP contribution in [0.3, 0.4) is 0 Å². The van der Waals surface area contributed by atoms with Crippen molar-refractivity contribution in [3.63, 3.8) is 0 Å². The molecule has 0 saturated carbocycles. The van der Waals surface area contributed by atoms with Gasteiger partial charge in [0.05, 0.1) is 6.54 Å². The van der Waals surface area contributed by atoms with Gasteiger partial charge < -0.3 is 10.6 Å². The van der Waals surface area contributed by atoms with Crippen LogP contribution in [0.25, 0.3) is 0 Å². The first-order valence-corrected chi connectivity index (χ1v) is 7.04. The van der Waals surface area contributed by atoms with Crippen molar-refractivity contribution in [3.8, 4) is 0 Å². The number of likely N-dealkylation sites (tertiary alicyclic amines) is 1. The first kappa shape index (κ1) is 12.9. The van der Waals surface area contributed by atoms with Crippen molar-refractivity contribution in [3.05, 3.63) is 0 Å². The second-order valence-electron chi connectivity index (χ2n) is 6.33. The summed E-state index contributed by atoms with van der Waals surface area (Å²) in [6, 6.07) is -0.246. The second-order valence-corrected chi connectivity index (χ2v) is 6.33. The molecule has 2 N–H and O–H groups in total. The van der Waals surface area contributed by atoms with Crippen molar-refractivity contribution in [2.45, 2.75) is 19.4 Å². The number of imide groups is 1. The molecule has 0 aliphatic carbocycles. The lowest BCUT2D eigenvalue weighted by Crippen LogP contribution is -2.48. The number of hydrogen-bond acceptors (Lipinski definition) is 4. The molecule has 19 heavy (non-hydrogen) atoms. The first-order chi connectivity index (χ1) is 9.00. The number of hydrogen-bond donors (Lipinski definition) is 2. The topological polar surface area (TPSA) is 64.7 Å². The van der Waals surface area contributed by atoms with Gasteiger partial charge >= 0.3 is 6.03 Å². The molecule has 3 saturated heterocycles. The van der Waals surface area contributed by atoms with Crippen LogP contribution < -0.4 is 10.6 Å². The van der Waals surface area contributed by atoms with Crippen molar-refractivity contribution in [1.29, 1.82) is 0 Å². The molecule has 3 heterocycles. The Morgan fingerprint density at radius 2 is 2.05 bits per heavy atom. The summed E-state index contributed by atoms with van der Waals surface area (Å²) >= 11 is 0. The van der Waals surface area contributed by atoms with Crippen LogP contribution in [0.2, 0.25) is 0 Å². The van der Waals surface area contributed by atoms with Gasteiger partial charge in [-0.2, -0.15) is 0 Å². The van der Waals surface area contributed by atoms with E-state index in [0.717, 1.165) is 26.2 Å². The van der Waals surface area contributed by atoms with E-state index >= 15 is 0 Å². The zero-order chi connectivity index (χ0) is 13.6. The normalized spacial score (nSPS) is 33.9. The maximum absolute atomic E-state index is 11.6. The molecule has 0 spiro atoms. The van der Waals surface area contributed by atoms with Crippen LogP contribution >= 0.6 is 0 Å². The second kappa shape index (κ2) is 4.45. The van der Waals surface area contributed by atoms with Gasteiger partial charge in [-0.3, -0.25) is 14.6 Å². The summed E-state index contributed by atoms with van der Waals surface area (Å²) in [5, 5.41) is 6.02. The van der Waals surface area contributed by atoms with E-state index in [1.165, 1.54) is 4.90 Å². The van der Waals surface area contributed by atoms with Gasteiger partial charge in [-0.25, -0.2) is 4.79 Å². The van der Waals surface area contributed by atoms with E-state index in [1.54, 1.807) is 0 Å². The number of carbonyl (C=O) groups is 2. The lowest BCUT2D eigenvalue weighted by molar-refractivity contribution is -0.125. The van der Waals surface area contributed by atoms with Gasteiger partial charge in [-0.15, -0.1) is 0 Å². The fourth-order valence-electron chi connectivity index (χ4n) is 3.79. The summed E-state index contributed by atoms with van der Waals surface area (Å²) in [5.41, 5.74) is 0.146. The van der Waals surface area contributed by atoms with Crippen molar-refractivity contribution in [2.75, 3.05) is 39.3 Å². The predicted octanol–water partition coefficient (Wildman–Crippen LogP) is -0.532. The van der Waals surface area contributed by atoms with Gasteiger partial charge in [-0.05, 0) is 32.2 Å². The maximum Gasteiger partial charge on any atom is 0.324 e. The van der Waals surface area contributed by atoms with E-state index in [4.69, 9.17) is 0 Å². The molecule has 0 bridgehead atoms. The third kappa shape index (κ3) is 2.03. The van der Waals surface area contributed by atoms with Gasteiger partial charge in [0.1, 0.15) is 0 Å². The Morgan fingerprint density at radius 1 is 1.26 bits per heavy atom. The first-order valence-electron chi connectivity index (χ1n) is 7.04. The molecule has 2 unspecified atom stereocenters. The number of fused-ring (bicyclic) bond motifs is 1. The standard InChI is InChI=1S/C13H22N4O2/c1-13(2)10-6-14-5-9(10)8-16(13)3-4-17-11(18)7-15-12(17)19/h9-10,14H,3-8H2,1-2H3,(H,15,19). The predicted molar refractivity (Wildman–Crippen MR) is 70.6 cm³/mol. The third-order valence-electron chi connectivity index (χ3n) is 5.05. The van der Waals surface area contributed by atoms with Crippen LogP contribution in [-0.4, -0.2) is 66.5 Å². The van der Waals surface area contributed by atoms with Crippen molar-refractivity contribution in [2.24, 2.45) is 11.8 Å². The summed E-state index contributed by atoms with van der Waals surface area (Å²) in [7, 11) is 0.